The van der Waals surface area contributed by atoms with Crippen molar-refractivity contribution in [3.63, 3.8) is 0 Å². The summed E-state index contributed by atoms with van der Waals surface area (Å²) in [7, 11) is 1.27. The Kier molecular flexibility index (Phi) is 3.14. The number of nitrogens with zero attached hydrogens (tertiary/aromatic N) is 1. The molecule has 1 aliphatic carbocycles. The fourth-order valence-corrected chi connectivity index (χ4v) is 2.24. The van der Waals surface area contributed by atoms with Gasteiger partial charge in [0.25, 0.3) is 0 Å². The summed E-state index contributed by atoms with van der Waals surface area (Å²) in [5.74, 6) is -1.37. The number of carbonyl (C=O) groups is 3. The number of ether oxygens (including phenoxy) is 1. The number of aliphatic carboxylic acids is 1. The lowest BCUT2D eigenvalue weighted by molar-refractivity contribution is -0.153. The molecule has 1 aliphatic heterocycles. The number of likely N-dealkylation sites (tertiary alicyclic amines) is 1. The highest BCUT2D eigenvalue weighted by molar-refractivity contribution is 6.04. The van der Waals surface area contributed by atoms with Crippen LogP contribution in [0.25, 0.3) is 0 Å². The third-order valence-corrected chi connectivity index (χ3v) is 3.55. The highest BCUT2D eigenvalue weighted by atomic mass is 16.5. The molecule has 7 heteroatoms. The van der Waals surface area contributed by atoms with Gasteiger partial charge < -0.3 is 20.1 Å². The Hall–Kier alpha value is -1.79. The minimum Gasteiger partial charge on any atom is -0.480 e. The van der Waals surface area contributed by atoms with Crippen LogP contribution in [0, 0.1) is 5.41 Å². The molecule has 2 rings (SSSR count). The van der Waals surface area contributed by atoms with Gasteiger partial charge in [-0.3, -0.25) is 9.59 Å². The summed E-state index contributed by atoms with van der Waals surface area (Å²) in [6, 6.07) is -0.161. The largest absolute Gasteiger partial charge is 0.480 e. The molecule has 0 radical (unpaired) electrons. The van der Waals surface area contributed by atoms with E-state index in [1.54, 1.807) is 0 Å². The number of hydrogen-bond acceptors (Lipinski definition) is 4. The third-order valence-electron chi connectivity index (χ3n) is 3.55. The van der Waals surface area contributed by atoms with E-state index in [1.807, 2.05) is 0 Å². The summed E-state index contributed by atoms with van der Waals surface area (Å²) in [6.45, 7) is 0.825. The molecule has 2 fully saturated rings. The molecule has 1 saturated carbocycles. The lowest BCUT2D eigenvalue weighted by atomic mass is 10.1. The summed E-state index contributed by atoms with van der Waals surface area (Å²) < 4.78 is 4.48. The number of carboxylic acid groups (broad SMARTS) is 1. The van der Waals surface area contributed by atoms with Crippen LogP contribution in [-0.2, 0) is 14.3 Å². The molecule has 2 N–H and O–H groups in total. The van der Waals surface area contributed by atoms with Crippen LogP contribution in [0.4, 0.5) is 4.79 Å². The Balaban J connectivity index is 1.91. The maximum Gasteiger partial charge on any atom is 0.407 e. The van der Waals surface area contributed by atoms with Gasteiger partial charge in [-0.05, 0) is 19.3 Å². The van der Waals surface area contributed by atoms with Gasteiger partial charge in [0.15, 0.2) is 0 Å². The zero-order valence-corrected chi connectivity index (χ0v) is 10.1. The molecule has 1 atom stereocenters. The number of methoxy groups -OCH3 is 1. The predicted octanol–water partition coefficient (Wildman–Crippen LogP) is -0.192. The number of rotatable bonds is 3. The van der Waals surface area contributed by atoms with Crippen molar-refractivity contribution < 1.29 is 24.2 Å². The van der Waals surface area contributed by atoms with Crippen molar-refractivity contribution in [1.29, 1.82) is 0 Å². The van der Waals surface area contributed by atoms with Crippen LogP contribution in [0.15, 0.2) is 0 Å². The van der Waals surface area contributed by atoms with Crippen LogP contribution >= 0.6 is 0 Å². The first kappa shape index (κ1) is 12.7. The fraction of sp³-hybridized carbons (Fsp3) is 0.727. The van der Waals surface area contributed by atoms with E-state index >= 15 is 0 Å². The summed E-state index contributed by atoms with van der Waals surface area (Å²) in [5.41, 5.74) is -1.19. The topological polar surface area (TPSA) is 95.9 Å². The van der Waals surface area contributed by atoms with E-state index in [0.717, 1.165) is 0 Å². The molecule has 1 saturated heterocycles. The summed E-state index contributed by atoms with van der Waals surface area (Å²) in [4.78, 5) is 35.7. The van der Waals surface area contributed by atoms with Gasteiger partial charge >= 0.3 is 12.1 Å². The second-order valence-electron chi connectivity index (χ2n) is 4.76. The number of carbonyl (C=O) groups excluding carboxylic acids is 2. The molecule has 7 nitrogen and oxygen atoms in total. The SMILES string of the molecule is COC(=O)NC1CCN(C(=O)C2(C(=O)O)CC2)C1. The predicted molar refractivity (Wildman–Crippen MR) is 59.8 cm³/mol. The van der Waals surface area contributed by atoms with Crippen LogP contribution in [0.5, 0.6) is 0 Å². The molecular formula is C11H16N2O5. The zero-order valence-electron chi connectivity index (χ0n) is 10.1. The normalized spacial score (nSPS) is 24.5. The Bertz CT molecular complexity index is 391. The Morgan fingerprint density at radius 1 is 1.39 bits per heavy atom. The molecule has 0 aromatic heterocycles. The molecule has 100 valence electrons. The van der Waals surface area contributed by atoms with Crippen molar-refractivity contribution in [3.8, 4) is 0 Å². The standard InChI is InChI=1S/C11H16N2O5/c1-18-10(17)12-7-2-5-13(6-7)8(14)11(3-4-11)9(15)16/h7H,2-6H2,1H3,(H,12,17)(H,15,16). The first-order valence-corrected chi connectivity index (χ1v) is 5.87. The van der Waals surface area contributed by atoms with Gasteiger partial charge in [0, 0.05) is 13.1 Å². The number of carboxylic acids is 1. The van der Waals surface area contributed by atoms with Crippen molar-refractivity contribution in [1.82, 2.24) is 10.2 Å². The third kappa shape index (κ3) is 2.12. The number of hydrogen-bond donors (Lipinski definition) is 2. The van der Waals surface area contributed by atoms with Crippen molar-refractivity contribution in [2.45, 2.75) is 25.3 Å². The van der Waals surface area contributed by atoms with Crippen molar-refractivity contribution >= 4 is 18.0 Å². The molecule has 0 spiro atoms. The van der Waals surface area contributed by atoms with Gasteiger partial charge in [-0.1, -0.05) is 0 Å². The minimum absolute atomic E-state index is 0.161. The van der Waals surface area contributed by atoms with E-state index < -0.39 is 17.5 Å². The maximum atomic E-state index is 12.1. The van der Waals surface area contributed by atoms with Crippen LogP contribution < -0.4 is 5.32 Å². The monoisotopic (exact) mass is 256 g/mol. The lowest BCUT2D eigenvalue weighted by Gasteiger charge is -2.20. The van der Waals surface area contributed by atoms with Crippen molar-refractivity contribution in [2.75, 3.05) is 20.2 Å². The smallest absolute Gasteiger partial charge is 0.407 e. The van der Waals surface area contributed by atoms with Crippen LogP contribution in [-0.4, -0.2) is 54.2 Å². The minimum atomic E-state index is -1.19. The maximum absolute atomic E-state index is 12.1. The second-order valence-corrected chi connectivity index (χ2v) is 4.76. The van der Waals surface area contributed by atoms with Gasteiger partial charge in [-0.2, -0.15) is 0 Å². The van der Waals surface area contributed by atoms with Gasteiger partial charge in [-0.25, -0.2) is 4.79 Å². The summed E-state index contributed by atoms with van der Waals surface area (Å²) in [6.07, 6.45) is 0.907. The number of nitrogens with one attached hydrogen (secondary N) is 1. The zero-order chi connectivity index (χ0) is 13.3. The first-order chi connectivity index (χ1) is 8.49. The van der Waals surface area contributed by atoms with Gasteiger partial charge in [0.2, 0.25) is 5.91 Å². The lowest BCUT2D eigenvalue weighted by Crippen LogP contribution is -2.42. The van der Waals surface area contributed by atoms with Crippen LogP contribution in [0.1, 0.15) is 19.3 Å². The summed E-state index contributed by atoms with van der Waals surface area (Å²) in [5, 5.41) is 11.7. The highest BCUT2D eigenvalue weighted by Crippen LogP contribution is 2.47. The average molecular weight is 256 g/mol. The number of amides is 2. The molecular weight excluding hydrogens is 240 g/mol. The van der Waals surface area contributed by atoms with Gasteiger partial charge in [0.1, 0.15) is 5.41 Å². The number of alkyl carbamates (subject to hydrolysis) is 1. The van der Waals surface area contributed by atoms with E-state index in [9.17, 15) is 14.4 Å². The average Bonchev–Trinajstić information content (AvgIpc) is 3.04. The van der Waals surface area contributed by atoms with Crippen LogP contribution in [0.2, 0.25) is 0 Å². The van der Waals surface area contributed by atoms with E-state index in [1.165, 1.54) is 12.0 Å². The molecule has 1 unspecified atom stereocenters. The fourth-order valence-electron chi connectivity index (χ4n) is 2.24. The Morgan fingerprint density at radius 3 is 2.56 bits per heavy atom. The molecule has 0 aromatic rings. The molecule has 2 amide bonds. The molecule has 0 aromatic carbocycles. The second kappa shape index (κ2) is 4.47. The Labute approximate surface area is 104 Å². The highest BCUT2D eigenvalue weighted by Gasteiger charge is 2.59. The molecule has 2 aliphatic rings. The van der Waals surface area contributed by atoms with E-state index in [4.69, 9.17) is 5.11 Å². The van der Waals surface area contributed by atoms with E-state index in [2.05, 4.69) is 10.1 Å². The quantitative estimate of drug-likeness (QED) is 0.682. The van der Waals surface area contributed by atoms with Crippen molar-refractivity contribution in [2.24, 2.45) is 5.41 Å². The Morgan fingerprint density at radius 2 is 2.06 bits per heavy atom. The van der Waals surface area contributed by atoms with E-state index in [-0.39, 0.29) is 11.9 Å². The van der Waals surface area contributed by atoms with Crippen molar-refractivity contribution in [3.05, 3.63) is 0 Å². The van der Waals surface area contributed by atoms with Crippen LogP contribution in [0.3, 0.4) is 0 Å². The summed E-state index contributed by atoms with van der Waals surface area (Å²) >= 11 is 0. The molecule has 18 heavy (non-hydrogen) atoms. The van der Waals surface area contributed by atoms with Gasteiger partial charge in [0.05, 0.1) is 13.2 Å². The van der Waals surface area contributed by atoms with E-state index in [0.29, 0.717) is 32.4 Å². The molecule has 1 heterocycles. The first-order valence-electron chi connectivity index (χ1n) is 5.87. The van der Waals surface area contributed by atoms with Gasteiger partial charge in [-0.15, -0.1) is 0 Å². The molecule has 0 bridgehead atoms.